The second-order valence-corrected chi connectivity index (χ2v) is 9.96. The number of aliphatic hydroxyl groups is 4. The topological polar surface area (TPSA) is 240 Å². The van der Waals surface area contributed by atoms with E-state index in [1.54, 1.807) is 0 Å². The highest BCUT2D eigenvalue weighted by Crippen LogP contribution is 2.43. The van der Waals surface area contributed by atoms with Crippen LogP contribution in [0, 0.1) is 0 Å². The molecule has 2 aromatic carbocycles. The van der Waals surface area contributed by atoms with Crippen molar-refractivity contribution in [1.82, 2.24) is 0 Å². The molecule has 3 aliphatic rings. The predicted octanol–water partition coefficient (Wildman–Crippen LogP) is 1.17. The van der Waals surface area contributed by atoms with Crippen LogP contribution in [0.1, 0.15) is 5.56 Å². The monoisotopic (exact) mass is 612 g/mol. The van der Waals surface area contributed by atoms with Crippen LogP contribution in [0.4, 0.5) is 0 Å². The summed E-state index contributed by atoms with van der Waals surface area (Å²) in [4.78, 5) is 12.0. The molecule has 1 fully saturated rings. The van der Waals surface area contributed by atoms with E-state index >= 15 is 0 Å². The van der Waals surface area contributed by atoms with Gasteiger partial charge in [-0.05, 0) is 48.0 Å². The molecule has 1 saturated heterocycles. The van der Waals surface area contributed by atoms with Gasteiger partial charge < -0.3 is 64.6 Å². The molecular weight excluding hydrogens is 584 g/mol. The first-order valence-corrected chi connectivity index (χ1v) is 13.1. The summed E-state index contributed by atoms with van der Waals surface area (Å²) >= 11 is 0. The molecule has 0 radical (unpaired) electrons. The molecule has 0 spiro atoms. The van der Waals surface area contributed by atoms with E-state index in [0.29, 0.717) is 5.56 Å². The Morgan fingerprint density at radius 3 is 2.20 bits per heavy atom. The molecule has 5 rings (SSSR count). The van der Waals surface area contributed by atoms with Crippen LogP contribution < -0.4 is 10.2 Å². The van der Waals surface area contributed by atoms with Gasteiger partial charge in [-0.3, -0.25) is 4.79 Å². The molecule has 0 amide bonds. The maximum atomic E-state index is 12.0. The molecule has 232 valence electrons. The van der Waals surface area contributed by atoms with Crippen molar-refractivity contribution >= 4 is 6.08 Å². The summed E-state index contributed by atoms with van der Waals surface area (Å²) in [5.41, 5.74) is 0.0562. The Kier molecular flexibility index (Phi) is 8.64. The number of ether oxygens (including phenoxy) is 3. The van der Waals surface area contributed by atoms with Crippen LogP contribution in [-0.2, 0) is 9.47 Å². The minimum absolute atomic E-state index is 0.0361. The Labute approximate surface area is 248 Å². The van der Waals surface area contributed by atoms with Crippen molar-refractivity contribution in [3.05, 3.63) is 76.5 Å². The first-order chi connectivity index (χ1) is 20.9. The van der Waals surface area contributed by atoms with E-state index in [1.165, 1.54) is 48.6 Å². The van der Waals surface area contributed by atoms with Crippen LogP contribution >= 0.6 is 0 Å². The average molecular weight is 613 g/mol. The summed E-state index contributed by atoms with van der Waals surface area (Å²) < 4.78 is 22.7. The van der Waals surface area contributed by atoms with E-state index in [4.69, 9.17) is 18.6 Å². The lowest BCUT2D eigenvalue weighted by molar-refractivity contribution is -0.284. The third-order valence-corrected chi connectivity index (χ3v) is 6.84. The molecule has 14 nitrogen and oxygen atoms in total. The number of phenols is 5. The number of rotatable bonds is 8. The Balaban J connectivity index is 1.39. The van der Waals surface area contributed by atoms with Gasteiger partial charge in [-0.25, -0.2) is 0 Å². The normalized spacial score (nSPS) is 22.8. The second kappa shape index (κ2) is 12.4. The van der Waals surface area contributed by atoms with E-state index in [1.807, 2.05) is 0 Å². The van der Waals surface area contributed by atoms with Crippen molar-refractivity contribution < 1.29 is 64.6 Å². The third kappa shape index (κ3) is 6.40. The zero-order valence-corrected chi connectivity index (χ0v) is 22.6. The van der Waals surface area contributed by atoms with Gasteiger partial charge in [0.1, 0.15) is 35.9 Å². The Morgan fingerprint density at radius 2 is 1.50 bits per heavy atom. The molecule has 6 atom stereocenters. The Bertz CT molecular complexity index is 1700. The van der Waals surface area contributed by atoms with Gasteiger partial charge in [0.2, 0.25) is 6.29 Å². The maximum Gasteiger partial charge on any atom is 0.229 e. The average Bonchev–Trinajstić information content (AvgIpc) is 2.98. The zero-order valence-electron chi connectivity index (χ0n) is 22.6. The van der Waals surface area contributed by atoms with Crippen LogP contribution in [0.25, 0.3) is 28.7 Å². The smallest absolute Gasteiger partial charge is 0.229 e. The summed E-state index contributed by atoms with van der Waals surface area (Å²) in [6, 6.07) is 10.9. The quantitative estimate of drug-likeness (QED) is 0.100. The molecule has 0 aromatic heterocycles. The molecule has 2 aromatic rings. The van der Waals surface area contributed by atoms with E-state index in [2.05, 4.69) is 0 Å². The van der Waals surface area contributed by atoms with Gasteiger partial charge in [0.05, 0.1) is 12.2 Å². The SMILES string of the molecule is O=c1cc2oc(-c3ccc(O)c(O)c3)c(OC3OC(COC(O)C=Cc4ccc(O)c(O)c4)C(O)C(O)C3O)cc-2c(O)c1. The van der Waals surface area contributed by atoms with Crippen molar-refractivity contribution in [3.8, 4) is 57.1 Å². The molecule has 6 unspecified atom stereocenters. The van der Waals surface area contributed by atoms with Crippen LogP contribution in [0.15, 0.2) is 69.9 Å². The fraction of sp³-hybridized carbons (Fsp3) is 0.233. The number of hydrogen-bond donors (Lipinski definition) is 9. The van der Waals surface area contributed by atoms with Crippen LogP contribution in [0.5, 0.6) is 34.5 Å². The first kappa shape index (κ1) is 30.6. The van der Waals surface area contributed by atoms with Gasteiger partial charge >= 0.3 is 0 Å². The minimum Gasteiger partial charge on any atom is -0.507 e. The molecule has 9 N–H and O–H groups in total. The molecule has 44 heavy (non-hydrogen) atoms. The van der Waals surface area contributed by atoms with Gasteiger partial charge in [0.25, 0.3) is 0 Å². The summed E-state index contributed by atoms with van der Waals surface area (Å²) in [5, 5.41) is 91.1. The van der Waals surface area contributed by atoms with Crippen molar-refractivity contribution in [1.29, 1.82) is 0 Å². The molecule has 14 heteroatoms. The second-order valence-electron chi connectivity index (χ2n) is 9.96. The highest BCUT2D eigenvalue weighted by Gasteiger charge is 2.45. The number of phenolic OH excluding ortho intramolecular Hbond substituents is 5. The number of hydrogen-bond acceptors (Lipinski definition) is 14. The zero-order chi connectivity index (χ0) is 31.7. The Morgan fingerprint density at radius 1 is 0.795 bits per heavy atom. The van der Waals surface area contributed by atoms with Gasteiger partial charge in [-0.15, -0.1) is 0 Å². The third-order valence-electron chi connectivity index (χ3n) is 6.84. The molecule has 0 bridgehead atoms. The number of fused-ring (bicyclic) bond motifs is 1. The van der Waals surface area contributed by atoms with Crippen LogP contribution in [-0.4, -0.2) is 89.6 Å². The molecular formula is C30H28O14. The van der Waals surface area contributed by atoms with Gasteiger partial charge in [0, 0.05) is 17.7 Å². The molecule has 0 saturated carbocycles. The molecule has 2 aliphatic heterocycles. The standard InChI is InChI=1S/C30H28O14/c31-15-9-19(34)16-11-23(29(42-22(16)10-15)14-3-5-18(33)21(36)8-14)43-30-28(40)27(39)26(38)24(44-30)12-41-25(37)6-2-13-1-4-17(32)20(35)7-13/h1-11,24-28,30,32-40H,12H2. The minimum atomic E-state index is -1.82. The lowest BCUT2D eigenvalue weighted by Gasteiger charge is -2.40. The number of benzene rings is 3. The molecule has 2 heterocycles. The van der Waals surface area contributed by atoms with Crippen molar-refractivity contribution in [2.24, 2.45) is 0 Å². The number of aromatic hydroxyl groups is 5. The predicted molar refractivity (Wildman–Crippen MR) is 150 cm³/mol. The van der Waals surface area contributed by atoms with Crippen LogP contribution in [0.2, 0.25) is 0 Å². The van der Waals surface area contributed by atoms with Gasteiger partial charge in [0.15, 0.2) is 46.2 Å². The summed E-state index contributed by atoms with van der Waals surface area (Å²) in [7, 11) is 0. The van der Waals surface area contributed by atoms with E-state index < -0.39 is 66.3 Å². The number of aliphatic hydroxyl groups excluding tert-OH is 4. The largest absolute Gasteiger partial charge is 0.507 e. The summed E-state index contributed by atoms with van der Waals surface area (Å²) in [6.07, 6.45) is -7.24. The van der Waals surface area contributed by atoms with E-state index in [9.17, 15) is 50.8 Å². The lowest BCUT2D eigenvalue weighted by Crippen LogP contribution is -2.60. The molecule has 1 aliphatic carbocycles. The highest BCUT2D eigenvalue weighted by molar-refractivity contribution is 5.76. The maximum absolute atomic E-state index is 12.0. The first-order valence-electron chi connectivity index (χ1n) is 13.1. The van der Waals surface area contributed by atoms with Crippen molar-refractivity contribution in [3.63, 3.8) is 0 Å². The summed E-state index contributed by atoms with van der Waals surface area (Å²) in [5.74, 6) is -2.44. The lowest BCUT2D eigenvalue weighted by atomic mass is 9.99. The van der Waals surface area contributed by atoms with Crippen LogP contribution in [0.3, 0.4) is 0 Å². The highest BCUT2D eigenvalue weighted by atomic mass is 16.7. The fourth-order valence-corrected chi connectivity index (χ4v) is 4.49. The van der Waals surface area contributed by atoms with Gasteiger partial charge in [-0.1, -0.05) is 12.1 Å². The fourth-order valence-electron chi connectivity index (χ4n) is 4.49. The van der Waals surface area contributed by atoms with E-state index in [0.717, 1.165) is 18.2 Å². The van der Waals surface area contributed by atoms with Crippen molar-refractivity contribution in [2.75, 3.05) is 6.61 Å². The Hall–Kier alpha value is -4.83. The van der Waals surface area contributed by atoms with E-state index in [-0.39, 0.29) is 39.9 Å². The van der Waals surface area contributed by atoms with Crippen molar-refractivity contribution in [2.45, 2.75) is 37.0 Å². The summed E-state index contributed by atoms with van der Waals surface area (Å²) in [6.45, 7) is -0.495. The van der Waals surface area contributed by atoms with Gasteiger partial charge in [-0.2, -0.15) is 0 Å².